The summed E-state index contributed by atoms with van der Waals surface area (Å²) in [5.41, 5.74) is -0.647. The van der Waals surface area contributed by atoms with Crippen molar-refractivity contribution >= 4 is 17.3 Å². The van der Waals surface area contributed by atoms with Gasteiger partial charge in [0.05, 0.1) is 10.4 Å². The van der Waals surface area contributed by atoms with Gasteiger partial charge in [0.1, 0.15) is 0 Å². The molecule has 72 valence electrons. The first kappa shape index (κ1) is 10.2. The summed E-state index contributed by atoms with van der Waals surface area (Å²) in [5.74, 6) is -0.746. The molecule has 0 fully saturated rings. The Bertz CT molecular complexity index is 280. The van der Waals surface area contributed by atoms with Crippen molar-refractivity contribution in [1.29, 1.82) is 0 Å². The predicted molar refractivity (Wildman–Crippen MR) is 51.9 cm³/mol. The van der Waals surface area contributed by atoms with Gasteiger partial charge in [-0.3, -0.25) is 4.79 Å². The highest BCUT2D eigenvalue weighted by Crippen LogP contribution is 2.23. The molecule has 1 rings (SSSR count). The van der Waals surface area contributed by atoms with E-state index in [1.165, 1.54) is 0 Å². The van der Waals surface area contributed by atoms with Crippen molar-refractivity contribution in [3.63, 3.8) is 0 Å². The van der Waals surface area contributed by atoms with Crippen LogP contribution in [0.4, 0.5) is 0 Å². The molecule has 0 aliphatic rings. The van der Waals surface area contributed by atoms with Crippen LogP contribution in [-0.2, 0) is 11.2 Å². The second-order valence-electron chi connectivity index (χ2n) is 3.61. The first-order valence-corrected chi connectivity index (χ1v) is 5.02. The lowest BCUT2D eigenvalue weighted by atomic mass is 9.88. The molecule has 0 saturated carbocycles. The largest absolute Gasteiger partial charge is 0.481 e. The summed E-state index contributed by atoms with van der Waals surface area (Å²) in [6, 6.07) is 0. The first-order valence-electron chi connectivity index (χ1n) is 4.14. The monoisotopic (exact) mass is 199 g/mol. The number of aliphatic carboxylic acids is 1. The average molecular weight is 199 g/mol. The molecule has 0 aliphatic heterocycles. The van der Waals surface area contributed by atoms with E-state index in [0.29, 0.717) is 6.42 Å². The van der Waals surface area contributed by atoms with Gasteiger partial charge >= 0.3 is 5.97 Å². The quantitative estimate of drug-likeness (QED) is 0.808. The molecule has 0 radical (unpaired) electrons. The summed E-state index contributed by atoms with van der Waals surface area (Å²) in [4.78, 5) is 14.9. The van der Waals surface area contributed by atoms with Crippen molar-refractivity contribution in [1.82, 2.24) is 4.98 Å². The van der Waals surface area contributed by atoms with Crippen LogP contribution in [0.15, 0.2) is 11.6 Å². The van der Waals surface area contributed by atoms with E-state index < -0.39 is 11.4 Å². The molecule has 0 unspecified atom stereocenters. The van der Waals surface area contributed by atoms with Gasteiger partial charge in [-0.25, -0.2) is 4.98 Å². The van der Waals surface area contributed by atoms with E-state index in [4.69, 9.17) is 5.11 Å². The Morgan fingerprint density at radius 1 is 1.69 bits per heavy atom. The number of hydrogen-bond donors (Lipinski definition) is 1. The van der Waals surface area contributed by atoms with Crippen LogP contribution in [0.3, 0.4) is 0 Å². The van der Waals surface area contributed by atoms with Crippen LogP contribution in [0.25, 0.3) is 0 Å². The zero-order valence-electron chi connectivity index (χ0n) is 7.78. The smallest absolute Gasteiger partial charge is 0.309 e. The lowest BCUT2D eigenvalue weighted by Gasteiger charge is -2.17. The topological polar surface area (TPSA) is 50.2 Å². The normalized spacial score (nSPS) is 11.5. The highest BCUT2D eigenvalue weighted by molar-refractivity contribution is 7.09. The summed E-state index contributed by atoms with van der Waals surface area (Å²) < 4.78 is 0. The molecule has 0 aromatic carbocycles. The lowest BCUT2D eigenvalue weighted by molar-refractivity contribution is -0.147. The highest BCUT2D eigenvalue weighted by atomic mass is 32.1. The van der Waals surface area contributed by atoms with Gasteiger partial charge in [0.15, 0.2) is 0 Å². The maximum Gasteiger partial charge on any atom is 0.309 e. The van der Waals surface area contributed by atoms with E-state index in [-0.39, 0.29) is 0 Å². The molecule has 1 heterocycles. The van der Waals surface area contributed by atoms with Crippen molar-refractivity contribution in [2.45, 2.75) is 26.7 Å². The summed E-state index contributed by atoms with van der Waals surface area (Å²) in [7, 11) is 0. The van der Waals surface area contributed by atoms with Gasteiger partial charge in [-0.1, -0.05) is 0 Å². The highest BCUT2D eigenvalue weighted by Gasteiger charge is 2.26. The van der Waals surface area contributed by atoms with E-state index in [2.05, 4.69) is 4.98 Å². The summed E-state index contributed by atoms with van der Waals surface area (Å²) in [6.45, 7) is 3.48. The fourth-order valence-electron chi connectivity index (χ4n) is 0.903. The van der Waals surface area contributed by atoms with Gasteiger partial charge in [-0.05, 0) is 20.3 Å². The minimum absolute atomic E-state index is 0.635. The zero-order chi connectivity index (χ0) is 9.90. The Labute approximate surface area is 81.4 Å². The maximum absolute atomic E-state index is 10.8. The van der Waals surface area contributed by atoms with Crippen molar-refractivity contribution < 1.29 is 9.90 Å². The van der Waals surface area contributed by atoms with E-state index in [9.17, 15) is 4.79 Å². The molecule has 1 N–H and O–H groups in total. The average Bonchev–Trinajstić information content (AvgIpc) is 2.52. The van der Waals surface area contributed by atoms with Gasteiger partial charge in [-0.2, -0.15) is 0 Å². The van der Waals surface area contributed by atoms with Gasteiger partial charge in [0, 0.05) is 18.0 Å². The van der Waals surface area contributed by atoms with Crippen molar-refractivity contribution in [2.75, 3.05) is 0 Å². The number of nitrogens with zero attached hydrogens (tertiary/aromatic N) is 1. The molecule has 0 spiro atoms. The van der Waals surface area contributed by atoms with Crippen molar-refractivity contribution in [3.8, 4) is 0 Å². The fraction of sp³-hybridized carbons (Fsp3) is 0.556. The van der Waals surface area contributed by atoms with Gasteiger partial charge in [-0.15, -0.1) is 11.3 Å². The van der Waals surface area contributed by atoms with Gasteiger partial charge in [0.2, 0.25) is 0 Å². The van der Waals surface area contributed by atoms with Crippen LogP contribution in [0.1, 0.15) is 25.3 Å². The number of carboxylic acid groups (broad SMARTS) is 1. The summed E-state index contributed by atoms with van der Waals surface area (Å²) in [5, 5.41) is 11.8. The van der Waals surface area contributed by atoms with Crippen LogP contribution >= 0.6 is 11.3 Å². The molecule has 0 bridgehead atoms. The number of aromatic nitrogens is 1. The van der Waals surface area contributed by atoms with E-state index in [0.717, 1.165) is 11.4 Å². The Morgan fingerprint density at radius 3 is 2.85 bits per heavy atom. The molecular weight excluding hydrogens is 186 g/mol. The van der Waals surface area contributed by atoms with Gasteiger partial charge < -0.3 is 5.11 Å². The molecule has 1 aromatic rings. The minimum atomic E-state index is -0.746. The molecule has 0 atom stereocenters. The molecule has 0 saturated heterocycles. The third-order valence-corrected chi connectivity index (χ3v) is 2.87. The van der Waals surface area contributed by atoms with E-state index in [1.54, 1.807) is 31.4 Å². The molecule has 13 heavy (non-hydrogen) atoms. The fourth-order valence-corrected chi connectivity index (χ4v) is 1.52. The molecular formula is C9H13NO2S. The molecule has 0 aliphatic carbocycles. The third kappa shape index (κ3) is 2.81. The third-order valence-electron chi connectivity index (χ3n) is 2.03. The predicted octanol–water partition coefficient (Wildman–Crippen LogP) is 2.19. The van der Waals surface area contributed by atoms with Crippen molar-refractivity contribution in [2.24, 2.45) is 5.41 Å². The van der Waals surface area contributed by atoms with Crippen LogP contribution in [-0.4, -0.2) is 16.1 Å². The second-order valence-corrected chi connectivity index (χ2v) is 4.59. The Hall–Kier alpha value is -0.900. The molecule has 4 heteroatoms. The number of thiazole rings is 1. The van der Waals surface area contributed by atoms with E-state index >= 15 is 0 Å². The zero-order valence-corrected chi connectivity index (χ0v) is 8.60. The SMILES string of the molecule is CC(C)(CCc1nccs1)C(=O)O. The number of aryl methyl sites for hydroxylation is 1. The number of rotatable bonds is 4. The minimum Gasteiger partial charge on any atom is -0.481 e. The molecule has 1 aromatic heterocycles. The lowest BCUT2D eigenvalue weighted by Crippen LogP contribution is -2.24. The number of hydrogen-bond acceptors (Lipinski definition) is 3. The number of carbonyl (C=O) groups is 1. The van der Waals surface area contributed by atoms with Crippen LogP contribution < -0.4 is 0 Å². The van der Waals surface area contributed by atoms with Crippen LogP contribution in [0.5, 0.6) is 0 Å². The first-order chi connectivity index (χ1) is 6.02. The molecule has 0 amide bonds. The number of carboxylic acids is 1. The van der Waals surface area contributed by atoms with Crippen molar-refractivity contribution in [3.05, 3.63) is 16.6 Å². The Balaban J connectivity index is 2.47. The van der Waals surface area contributed by atoms with Crippen LogP contribution in [0.2, 0.25) is 0 Å². The second kappa shape index (κ2) is 3.87. The summed E-state index contributed by atoms with van der Waals surface area (Å²) >= 11 is 1.57. The van der Waals surface area contributed by atoms with E-state index in [1.807, 2.05) is 5.38 Å². The van der Waals surface area contributed by atoms with Gasteiger partial charge in [0.25, 0.3) is 0 Å². The summed E-state index contributed by atoms with van der Waals surface area (Å²) in [6.07, 6.45) is 3.13. The standard InChI is InChI=1S/C9H13NO2S/c1-9(2,8(11)12)4-3-7-10-5-6-13-7/h5-6H,3-4H2,1-2H3,(H,11,12). The van der Waals surface area contributed by atoms with Crippen LogP contribution in [0, 0.1) is 5.41 Å². The molecule has 3 nitrogen and oxygen atoms in total. The Kier molecular flexibility index (Phi) is 3.03. The maximum atomic E-state index is 10.8. The Morgan fingerprint density at radius 2 is 2.38 bits per heavy atom.